The van der Waals surface area contributed by atoms with Crippen molar-refractivity contribution >= 4 is 32.5 Å². The van der Waals surface area contributed by atoms with E-state index >= 15 is 0 Å². The minimum absolute atomic E-state index is 0.377. The first-order valence-corrected chi connectivity index (χ1v) is 9.19. The van der Waals surface area contributed by atoms with Crippen LogP contribution in [0.1, 0.15) is 24.2 Å². The summed E-state index contributed by atoms with van der Waals surface area (Å²) in [6.45, 7) is 2.75. The molecule has 9 heteroatoms. The van der Waals surface area contributed by atoms with Crippen molar-refractivity contribution in [2.75, 3.05) is 5.73 Å². The lowest BCUT2D eigenvalue weighted by molar-refractivity contribution is 0.0959. The second kappa shape index (κ2) is 6.17. The van der Waals surface area contributed by atoms with Crippen LogP contribution in [0.3, 0.4) is 0 Å². The van der Waals surface area contributed by atoms with Gasteiger partial charge in [-0.15, -0.1) is 0 Å². The summed E-state index contributed by atoms with van der Waals surface area (Å²) in [7, 11) is -4.02. The SMILES string of the molecule is CC(C)S(=O)(=O)c1cc(C(=O)n2cnc3ccccc32)c(F)c(F)c1N. The fourth-order valence-corrected chi connectivity index (χ4v) is 3.70. The molecule has 0 aliphatic carbocycles. The van der Waals surface area contributed by atoms with E-state index in [2.05, 4.69) is 4.98 Å². The molecular weight excluding hydrogens is 364 g/mol. The quantitative estimate of drug-likeness (QED) is 0.558. The molecule has 6 nitrogen and oxygen atoms in total. The van der Waals surface area contributed by atoms with Gasteiger partial charge >= 0.3 is 0 Å². The third kappa shape index (κ3) is 2.64. The number of hydrogen-bond acceptors (Lipinski definition) is 5. The molecule has 0 spiro atoms. The number of sulfone groups is 1. The minimum Gasteiger partial charge on any atom is -0.395 e. The molecule has 2 aromatic carbocycles. The van der Waals surface area contributed by atoms with Crippen LogP contribution in [0.4, 0.5) is 14.5 Å². The Kier molecular flexibility index (Phi) is 4.27. The fourth-order valence-electron chi connectivity index (χ4n) is 2.51. The molecule has 1 heterocycles. The highest BCUT2D eigenvalue weighted by Crippen LogP contribution is 2.30. The van der Waals surface area contributed by atoms with Crippen LogP contribution in [-0.4, -0.2) is 29.1 Å². The summed E-state index contributed by atoms with van der Waals surface area (Å²) in [6, 6.07) is 7.37. The van der Waals surface area contributed by atoms with Crippen LogP contribution in [0.25, 0.3) is 11.0 Å². The predicted molar refractivity (Wildman–Crippen MR) is 92.6 cm³/mol. The summed E-state index contributed by atoms with van der Waals surface area (Å²) in [5.74, 6) is -4.03. The Morgan fingerprint density at radius 3 is 2.50 bits per heavy atom. The molecule has 0 bridgehead atoms. The summed E-state index contributed by atoms with van der Waals surface area (Å²) in [5.41, 5.74) is 4.74. The van der Waals surface area contributed by atoms with Crippen molar-refractivity contribution in [3.63, 3.8) is 0 Å². The molecule has 136 valence electrons. The number of hydrogen-bond donors (Lipinski definition) is 1. The largest absolute Gasteiger partial charge is 0.395 e. The van der Waals surface area contributed by atoms with Gasteiger partial charge in [-0.1, -0.05) is 12.1 Å². The Labute approximate surface area is 148 Å². The number of nitrogen functional groups attached to an aromatic ring is 1. The van der Waals surface area contributed by atoms with Crippen LogP contribution < -0.4 is 5.73 Å². The Balaban J connectivity index is 2.25. The van der Waals surface area contributed by atoms with Crippen LogP contribution in [0.5, 0.6) is 0 Å². The fraction of sp³-hybridized carbons (Fsp3) is 0.176. The number of nitrogens with two attached hydrogens (primary N) is 1. The van der Waals surface area contributed by atoms with Gasteiger partial charge in [-0.3, -0.25) is 9.36 Å². The third-order valence-corrected chi connectivity index (χ3v) is 6.23. The van der Waals surface area contributed by atoms with E-state index < -0.39 is 48.8 Å². The highest BCUT2D eigenvalue weighted by Gasteiger charge is 2.30. The maximum absolute atomic E-state index is 14.4. The molecule has 0 aliphatic rings. The van der Waals surface area contributed by atoms with E-state index in [9.17, 15) is 22.0 Å². The molecule has 0 saturated carbocycles. The van der Waals surface area contributed by atoms with E-state index in [0.29, 0.717) is 11.0 Å². The van der Waals surface area contributed by atoms with Crippen LogP contribution in [0, 0.1) is 11.6 Å². The molecule has 2 N–H and O–H groups in total. The van der Waals surface area contributed by atoms with Crippen molar-refractivity contribution in [3.8, 4) is 0 Å². The Morgan fingerprint density at radius 2 is 1.85 bits per heavy atom. The number of carbonyl (C=O) groups is 1. The lowest BCUT2D eigenvalue weighted by Crippen LogP contribution is -2.20. The van der Waals surface area contributed by atoms with Crippen molar-refractivity contribution in [1.82, 2.24) is 9.55 Å². The van der Waals surface area contributed by atoms with Crippen LogP contribution in [-0.2, 0) is 9.84 Å². The molecule has 3 rings (SSSR count). The number of carbonyl (C=O) groups excluding carboxylic acids is 1. The first-order valence-electron chi connectivity index (χ1n) is 7.64. The highest BCUT2D eigenvalue weighted by atomic mass is 32.2. The first-order chi connectivity index (χ1) is 12.2. The molecule has 26 heavy (non-hydrogen) atoms. The minimum atomic E-state index is -4.02. The molecule has 0 saturated heterocycles. The lowest BCUT2D eigenvalue weighted by atomic mass is 10.1. The molecule has 0 aliphatic heterocycles. The van der Waals surface area contributed by atoms with E-state index in [1.54, 1.807) is 24.3 Å². The molecule has 1 aromatic heterocycles. The molecule has 0 radical (unpaired) electrons. The van der Waals surface area contributed by atoms with Crippen molar-refractivity contribution in [2.45, 2.75) is 24.0 Å². The average molecular weight is 379 g/mol. The normalized spacial score (nSPS) is 12.0. The number of halogens is 2. The lowest BCUT2D eigenvalue weighted by Gasteiger charge is -2.14. The topological polar surface area (TPSA) is 95.0 Å². The zero-order valence-corrected chi connectivity index (χ0v) is 14.7. The van der Waals surface area contributed by atoms with Crippen molar-refractivity contribution < 1.29 is 22.0 Å². The van der Waals surface area contributed by atoms with Gasteiger partial charge in [0, 0.05) is 0 Å². The number of rotatable bonds is 3. The number of benzene rings is 2. The standard InChI is InChI=1S/C17H15F2N3O3S/c1-9(2)26(24,25)13-7-10(14(18)15(19)16(13)20)17(23)22-8-21-11-5-3-4-6-12(11)22/h3-9H,20H2,1-2H3. The summed E-state index contributed by atoms with van der Waals surface area (Å²) in [5, 5.41) is -0.924. The van der Waals surface area contributed by atoms with E-state index in [1.807, 2.05) is 0 Å². The maximum Gasteiger partial charge on any atom is 0.266 e. The van der Waals surface area contributed by atoms with Crippen molar-refractivity contribution in [1.29, 1.82) is 0 Å². The number of anilines is 1. The van der Waals surface area contributed by atoms with Gasteiger partial charge in [0.2, 0.25) is 0 Å². The maximum atomic E-state index is 14.4. The zero-order chi connectivity index (χ0) is 19.2. The summed E-state index contributed by atoms with van der Waals surface area (Å²) in [6.07, 6.45) is 1.16. The van der Waals surface area contributed by atoms with Crippen LogP contribution in [0.15, 0.2) is 41.6 Å². The second-order valence-electron chi connectivity index (χ2n) is 5.97. The molecule has 0 fully saturated rings. The van der Waals surface area contributed by atoms with Gasteiger partial charge in [0.1, 0.15) is 6.33 Å². The zero-order valence-electron chi connectivity index (χ0n) is 13.9. The third-order valence-electron chi connectivity index (χ3n) is 4.04. The van der Waals surface area contributed by atoms with Gasteiger partial charge in [0.15, 0.2) is 21.5 Å². The van der Waals surface area contributed by atoms with Crippen LogP contribution >= 0.6 is 0 Å². The van der Waals surface area contributed by atoms with Crippen molar-refractivity contribution in [2.24, 2.45) is 0 Å². The summed E-state index contributed by atoms with van der Waals surface area (Å²) >= 11 is 0. The van der Waals surface area contributed by atoms with Gasteiger partial charge in [-0.05, 0) is 32.0 Å². The number of imidazole rings is 1. The monoisotopic (exact) mass is 379 g/mol. The van der Waals surface area contributed by atoms with Crippen molar-refractivity contribution in [3.05, 3.63) is 53.9 Å². The molecule has 0 amide bonds. The highest BCUT2D eigenvalue weighted by molar-refractivity contribution is 7.92. The Bertz CT molecular complexity index is 1140. The Hall–Kier alpha value is -2.81. The molecule has 0 unspecified atom stereocenters. The van der Waals surface area contributed by atoms with Gasteiger partial charge in [-0.25, -0.2) is 22.2 Å². The molecule has 3 aromatic rings. The first kappa shape index (κ1) is 18.0. The van der Waals surface area contributed by atoms with Gasteiger partial charge < -0.3 is 5.73 Å². The number of aromatic nitrogens is 2. The number of fused-ring (bicyclic) bond motifs is 1. The second-order valence-corrected chi connectivity index (χ2v) is 8.44. The Morgan fingerprint density at radius 1 is 1.19 bits per heavy atom. The van der Waals surface area contributed by atoms with Crippen LogP contribution in [0.2, 0.25) is 0 Å². The van der Waals surface area contributed by atoms with E-state index in [4.69, 9.17) is 5.73 Å². The van der Waals surface area contributed by atoms with Gasteiger partial charge in [0.25, 0.3) is 5.91 Å². The number of nitrogens with zero attached hydrogens (tertiary/aromatic N) is 2. The van der Waals surface area contributed by atoms with E-state index in [-0.39, 0.29) is 0 Å². The smallest absolute Gasteiger partial charge is 0.266 e. The number of para-hydroxylation sites is 2. The summed E-state index contributed by atoms with van der Waals surface area (Å²) in [4.78, 5) is 16.1. The molecule has 0 atom stereocenters. The molecular formula is C17H15F2N3O3S. The predicted octanol–water partition coefficient (Wildman–Crippen LogP) is 2.77. The average Bonchev–Trinajstić information content (AvgIpc) is 3.03. The van der Waals surface area contributed by atoms with E-state index in [1.165, 1.54) is 13.8 Å². The van der Waals surface area contributed by atoms with Gasteiger partial charge in [0.05, 0.1) is 32.4 Å². The summed E-state index contributed by atoms with van der Waals surface area (Å²) < 4.78 is 54.4. The van der Waals surface area contributed by atoms with Gasteiger partial charge in [-0.2, -0.15) is 0 Å². The van der Waals surface area contributed by atoms with E-state index in [0.717, 1.165) is 17.0 Å².